The number of rotatable bonds is 4. The fourth-order valence-electron chi connectivity index (χ4n) is 2.62. The number of anilines is 1. The highest BCUT2D eigenvalue weighted by Gasteiger charge is 2.26. The Kier molecular flexibility index (Phi) is 5.03. The highest BCUT2D eigenvalue weighted by Crippen LogP contribution is 2.25. The standard InChI is InChI=1S/C13H20ClN5O/c1-2-11(13(15)17-20)18-5-7-19(8-6-18)12-3-4-16-9-10(12)14/h3-4,9,11,20H,2,5-8H2,1H3,(H2,15,17). The van der Waals surface area contributed by atoms with Crippen LogP contribution in [0.25, 0.3) is 0 Å². The number of nitrogens with zero attached hydrogens (tertiary/aromatic N) is 4. The van der Waals surface area contributed by atoms with Gasteiger partial charge in [0.05, 0.1) is 16.8 Å². The Morgan fingerprint density at radius 1 is 1.50 bits per heavy atom. The van der Waals surface area contributed by atoms with E-state index in [-0.39, 0.29) is 11.9 Å². The summed E-state index contributed by atoms with van der Waals surface area (Å²) in [6.07, 6.45) is 4.24. The van der Waals surface area contributed by atoms with Crippen LogP contribution in [0.15, 0.2) is 23.6 Å². The summed E-state index contributed by atoms with van der Waals surface area (Å²) in [6, 6.07) is 1.92. The van der Waals surface area contributed by atoms with Crippen LogP contribution in [0.3, 0.4) is 0 Å². The molecule has 1 aliphatic rings. The van der Waals surface area contributed by atoms with E-state index in [9.17, 15) is 0 Å². The predicted octanol–water partition coefficient (Wildman–Crippen LogP) is 1.38. The SMILES string of the molecule is CCC(C(N)=NO)N1CCN(c2ccncc2Cl)CC1. The lowest BCUT2D eigenvalue weighted by molar-refractivity contribution is 0.216. The van der Waals surface area contributed by atoms with E-state index in [1.165, 1.54) is 0 Å². The number of amidine groups is 1. The van der Waals surface area contributed by atoms with Crippen LogP contribution in [0.1, 0.15) is 13.3 Å². The number of oxime groups is 1. The van der Waals surface area contributed by atoms with Crippen LogP contribution >= 0.6 is 11.6 Å². The van der Waals surface area contributed by atoms with E-state index in [1.54, 1.807) is 12.4 Å². The van der Waals surface area contributed by atoms with Crippen molar-refractivity contribution in [1.82, 2.24) is 9.88 Å². The van der Waals surface area contributed by atoms with Crippen molar-refractivity contribution >= 4 is 23.1 Å². The van der Waals surface area contributed by atoms with Gasteiger partial charge in [-0.15, -0.1) is 0 Å². The van der Waals surface area contributed by atoms with Crippen molar-refractivity contribution in [2.24, 2.45) is 10.9 Å². The van der Waals surface area contributed by atoms with Crippen molar-refractivity contribution in [3.05, 3.63) is 23.5 Å². The molecular formula is C13H20ClN5O. The first kappa shape index (κ1) is 14.9. The van der Waals surface area contributed by atoms with Gasteiger partial charge in [-0.3, -0.25) is 9.88 Å². The second-order valence-corrected chi connectivity index (χ2v) is 5.21. The second kappa shape index (κ2) is 6.76. The molecule has 6 nitrogen and oxygen atoms in total. The maximum absolute atomic E-state index is 8.83. The number of nitrogens with two attached hydrogens (primary N) is 1. The van der Waals surface area contributed by atoms with E-state index >= 15 is 0 Å². The first-order valence-corrected chi connectivity index (χ1v) is 7.11. The maximum atomic E-state index is 8.83. The molecule has 2 heterocycles. The lowest BCUT2D eigenvalue weighted by Gasteiger charge is -2.39. The number of hydrogen-bond donors (Lipinski definition) is 2. The Morgan fingerprint density at radius 2 is 2.20 bits per heavy atom. The van der Waals surface area contributed by atoms with Gasteiger partial charge in [-0.1, -0.05) is 23.7 Å². The van der Waals surface area contributed by atoms with Gasteiger partial charge in [-0.25, -0.2) is 0 Å². The zero-order valence-corrected chi connectivity index (χ0v) is 12.3. The molecule has 1 saturated heterocycles. The molecule has 20 heavy (non-hydrogen) atoms. The van der Waals surface area contributed by atoms with Crippen molar-refractivity contribution in [2.75, 3.05) is 31.1 Å². The molecule has 0 spiro atoms. The zero-order valence-electron chi connectivity index (χ0n) is 11.5. The van der Waals surface area contributed by atoms with Crippen LogP contribution in [0.5, 0.6) is 0 Å². The van der Waals surface area contributed by atoms with Gasteiger partial charge in [0, 0.05) is 38.6 Å². The van der Waals surface area contributed by atoms with Crippen molar-refractivity contribution in [1.29, 1.82) is 0 Å². The number of pyridine rings is 1. The van der Waals surface area contributed by atoms with Gasteiger partial charge >= 0.3 is 0 Å². The minimum atomic E-state index is -0.00457. The summed E-state index contributed by atoms with van der Waals surface area (Å²) in [5.41, 5.74) is 6.76. The average molecular weight is 298 g/mol. The number of aromatic nitrogens is 1. The first-order chi connectivity index (χ1) is 9.67. The van der Waals surface area contributed by atoms with Gasteiger partial charge in [0.2, 0.25) is 0 Å². The Hall–Kier alpha value is -1.53. The van der Waals surface area contributed by atoms with Crippen molar-refractivity contribution in [3.8, 4) is 0 Å². The molecule has 1 atom stereocenters. The fourth-order valence-corrected chi connectivity index (χ4v) is 2.86. The van der Waals surface area contributed by atoms with Crippen molar-refractivity contribution in [3.63, 3.8) is 0 Å². The van der Waals surface area contributed by atoms with E-state index in [0.717, 1.165) is 38.3 Å². The molecule has 1 aromatic rings. The van der Waals surface area contributed by atoms with Gasteiger partial charge in [0.25, 0.3) is 0 Å². The average Bonchev–Trinajstić information content (AvgIpc) is 2.49. The summed E-state index contributed by atoms with van der Waals surface area (Å²) in [5, 5.41) is 12.6. The predicted molar refractivity (Wildman–Crippen MR) is 80.5 cm³/mol. The van der Waals surface area contributed by atoms with Gasteiger partial charge in [-0.05, 0) is 12.5 Å². The molecule has 1 fully saturated rings. The molecule has 3 N–H and O–H groups in total. The summed E-state index contributed by atoms with van der Waals surface area (Å²) in [7, 11) is 0. The molecule has 2 rings (SSSR count). The van der Waals surface area contributed by atoms with Crippen LogP contribution in [0, 0.1) is 0 Å². The van der Waals surface area contributed by atoms with E-state index < -0.39 is 0 Å². The second-order valence-electron chi connectivity index (χ2n) is 4.80. The van der Waals surface area contributed by atoms with E-state index in [2.05, 4.69) is 19.9 Å². The van der Waals surface area contributed by atoms with E-state index in [0.29, 0.717) is 5.02 Å². The monoisotopic (exact) mass is 297 g/mol. The summed E-state index contributed by atoms with van der Waals surface area (Å²) in [5.74, 6) is 0.280. The number of halogens is 1. The van der Waals surface area contributed by atoms with Crippen LogP contribution in [-0.4, -0.2) is 53.1 Å². The van der Waals surface area contributed by atoms with Gasteiger partial charge in [0.1, 0.15) is 0 Å². The summed E-state index contributed by atoms with van der Waals surface area (Å²) in [4.78, 5) is 8.47. The van der Waals surface area contributed by atoms with Crippen LogP contribution in [-0.2, 0) is 0 Å². The third kappa shape index (κ3) is 3.13. The summed E-state index contributed by atoms with van der Waals surface area (Å²) < 4.78 is 0. The highest BCUT2D eigenvalue weighted by atomic mass is 35.5. The third-order valence-corrected chi connectivity index (χ3v) is 3.98. The van der Waals surface area contributed by atoms with Gasteiger partial charge in [0.15, 0.2) is 5.84 Å². The zero-order chi connectivity index (χ0) is 14.5. The number of hydrogen-bond acceptors (Lipinski definition) is 5. The molecule has 0 aliphatic carbocycles. The minimum absolute atomic E-state index is 0.00457. The molecular weight excluding hydrogens is 278 g/mol. The smallest absolute Gasteiger partial charge is 0.156 e. The molecule has 1 aromatic heterocycles. The Labute approximate surface area is 123 Å². The van der Waals surface area contributed by atoms with Crippen molar-refractivity contribution in [2.45, 2.75) is 19.4 Å². The third-order valence-electron chi connectivity index (χ3n) is 3.69. The van der Waals surface area contributed by atoms with Crippen LogP contribution in [0.2, 0.25) is 5.02 Å². The maximum Gasteiger partial charge on any atom is 0.156 e. The lowest BCUT2D eigenvalue weighted by Crippen LogP contribution is -2.54. The quantitative estimate of drug-likeness (QED) is 0.380. The minimum Gasteiger partial charge on any atom is -0.409 e. The Morgan fingerprint density at radius 3 is 2.75 bits per heavy atom. The topological polar surface area (TPSA) is 78.0 Å². The molecule has 0 aromatic carbocycles. The molecule has 1 unspecified atom stereocenters. The fraction of sp³-hybridized carbons (Fsp3) is 0.538. The van der Waals surface area contributed by atoms with Crippen LogP contribution in [0.4, 0.5) is 5.69 Å². The highest BCUT2D eigenvalue weighted by molar-refractivity contribution is 6.33. The normalized spacial score (nSPS) is 19.1. The molecule has 0 saturated carbocycles. The largest absolute Gasteiger partial charge is 0.409 e. The Bertz CT molecular complexity index is 474. The molecule has 110 valence electrons. The number of piperazine rings is 1. The van der Waals surface area contributed by atoms with E-state index in [1.807, 2.05) is 13.0 Å². The molecule has 7 heteroatoms. The summed E-state index contributed by atoms with van der Waals surface area (Å²) >= 11 is 6.17. The van der Waals surface area contributed by atoms with Crippen LogP contribution < -0.4 is 10.6 Å². The van der Waals surface area contributed by atoms with E-state index in [4.69, 9.17) is 22.5 Å². The summed E-state index contributed by atoms with van der Waals surface area (Å²) in [6.45, 7) is 5.47. The lowest BCUT2D eigenvalue weighted by atomic mass is 10.1. The Balaban J connectivity index is 2.00. The van der Waals surface area contributed by atoms with Crippen molar-refractivity contribution < 1.29 is 5.21 Å². The molecule has 0 radical (unpaired) electrons. The molecule has 0 amide bonds. The first-order valence-electron chi connectivity index (χ1n) is 6.73. The van der Waals surface area contributed by atoms with Gasteiger partial charge < -0.3 is 15.8 Å². The molecule has 0 bridgehead atoms. The van der Waals surface area contributed by atoms with Gasteiger partial charge in [-0.2, -0.15) is 0 Å². The molecule has 1 aliphatic heterocycles.